The Labute approximate surface area is 129 Å². The van der Waals surface area contributed by atoms with Crippen molar-refractivity contribution in [1.82, 2.24) is 10.1 Å². The summed E-state index contributed by atoms with van der Waals surface area (Å²) in [7, 11) is 0. The second-order valence-corrected chi connectivity index (χ2v) is 6.13. The van der Waals surface area contributed by atoms with Gasteiger partial charge < -0.3 is 10.3 Å². The van der Waals surface area contributed by atoms with Gasteiger partial charge in [-0.2, -0.15) is 4.98 Å². The molecule has 0 saturated heterocycles. The summed E-state index contributed by atoms with van der Waals surface area (Å²) in [5.41, 5.74) is 7.26. The van der Waals surface area contributed by atoms with E-state index >= 15 is 0 Å². The first-order chi connectivity index (χ1) is 10.2. The molecular weight excluding hydrogens is 286 g/mol. The molecule has 0 radical (unpaired) electrons. The van der Waals surface area contributed by atoms with Crippen molar-refractivity contribution in [2.45, 2.75) is 50.5 Å². The molecule has 4 nitrogen and oxygen atoms in total. The average molecular weight is 306 g/mol. The molecule has 112 valence electrons. The van der Waals surface area contributed by atoms with Crippen molar-refractivity contribution in [1.29, 1.82) is 0 Å². The molecule has 1 aromatic carbocycles. The minimum Gasteiger partial charge on any atom is -0.339 e. The van der Waals surface area contributed by atoms with E-state index in [4.69, 9.17) is 21.9 Å². The molecule has 0 spiro atoms. The van der Waals surface area contributed by atoms with Gasteiger partial charge in [-0.15, -0.1) is 0 Å². The van der Waals surface area contributed by atoms with Crippen LogP contribution in [0.4, 0.5) is 0 Å². The molecule has 1 fully saturated rings. The zero-order valence-electron chi connectivity index (χ0n) is 12.0. The molecule has 0 aliphatic heterocycles. The fourth-order valence-corrected chi connectivity index (χ4v) is 3.15. The van der Waals surface area contributed by atoms with Crippen LogP contribution in [-0.4, -0.2) is 16.2 Å². The number of nitrogens with two attached hydrogens (primary N) is 1. The number of aromatic nitrogens is 2. The lowest BCUT2D eigenvalue weighted by Gasteiger charge is -2.16. The Morgan fingerprint density at radius 3 is 2.86 bits per heavy atom. The summed E-state index contributed by atoms with van der Waals surface area (Å²) in [6, 6.07) is 7.86. The maximum Gasteiger partial charge on any atom is 0.231 e. The Morgan fingerprint density at radius 1 is 1.19 bits per heavy atom. The number of nitrogens with zero attached hydrogens (tertiary/aromatic N) is 2. The van der Waals surface area contributed by atoms with Crippen molar-refractivity contribution < 1.29 is 4.52 Å². The molecule has 1 heterocycles. The van der Waals surface area contributed by atoms with E-state index in [9.17, 15) is 0 Å². The van der Waals surface area contributed by atoms with Crippen LogP contribution in [0.1, 0.15) is 55.3 Å². The quantitative estimate of drug-likeness (QED) is 0.878. The minimum atomic E-state index is 0.126. The smallest absolute Gasteiger partial charge is 0.231 e. The highest BCUT2D eigenvalue weighted by molar-refractivity contribution is 6.31. The molecule has 1 aliphatic carbocycles. The van der Waals surface area contributed by atoms with E-state index < -0.39 is 0 Å². The number of benzene rings is 1. The van der Waals surface area contributed by atoms with Crippen molar-refractivity contribution in [2.75, 3.05) is 0 Å². The van der Waals surface area contributed by atoms with Crippen LogP contribution in [0, 0.1) is 0 Å². The predicted molar refractivity (Wildman–Crippen MR) is 82.4 cm³/mol. The van der Waals surface area contributed by atoms with Gasteiger partial charge in [0.15, 0.2) is 5.82 Å². The Kier molecular flexibility index (Phi) is 4.56. The highest BCUT2D eigenvalue weighted by Gasteiger charge is 2.27. The van der Waals surface area contributed by atoms with Crippen LogP contribution < -0.4 is 5.73 Å². The van der Waals surface area contributed by atoms with Gasteiger partial charge in [0.25, 0.3) is 0 Å². The Morgan fingerprint density at radius 2 is 2.00 bits per heavy atom. The third-order valence-electron chi connectivity index (χ3n) is 4.18. The van der Waals surface area contributed by atoms with E-state index in [-0.39, 0.29) is 12.0 Å². The third kappa shape index (κ3) is 3.44. The second-order valence-electron chi connectivity index (χ2n) is 5.73. The van der Waals surface area contributed by atoms with E-state index in [1.54, 1.807) is 0 Å². The van der Waals surface area contributed by atoms with Gasteiger partial charge in [0.05, 0.1) is 5.92 Å². The molecule has 1 aliphatic rings. The third-order valence-corrected chi connectivity index (χ3v) is 4.55. The fourth-order valence-electron chi connectivity index (χ4n) is 2.94. The first kappa shape index (κ1) is 14.5. The van der Waals surface area contributed by atoms with Gasteiger partial charge in [0.2, 0.25) is 5.89 Å². The summed E-state index contributed by atoms with van der Waals surface area (Å²) >= 11 is 6.17. The molecule has 3 rings (SSSR count). The van der Waals surface area contributed by atoms with Gasteiger partial charge in [0, 0.05) is 17.5 Å². The zero-order chi connectivity index (χ0) is 14.7. The standard InChI is InChI=1S/C16H20ClN3O/c17-13-8-5-4-6-11(13)10-15-19-16(21-20-15)12-7-2-1-3-9-14(12)18/h4-6,8,12,14H,1-3,7,9-10,18H2. The molecule has 1 aromatic heterocycles. The fraction of sp³-hybridized carbons (Fsp3) is 0.500. The average Bonchev–Trinajstić information content (AvgIpc) is 2.82. The van der Waals surface area contributed by atoms with Gasteiger partial charge in [0.1, 0.15) is 0 Å². The largest absolute Gasteiger partial charge is 0.339 e. The van der Waals surface area contributed by atoms with Crippen LogP contribution in [0.3, 0.4) is 0 Å². The normalized spacial score (nSPS) is 23.0. The second kappa shape index (κ2) is 6.58. The van der Waals surface area contributed by atoms with E-state index in [1.807, 2.05) is 24.3 Å². The molecule has 2 unspecified atom stereocenters. The van der Waals surface area contributed by atoms with Gasteiger partial charge in [-0.05, 0) is 24.5 Å². The number of halogens is 1. The highest BCUT2D eigenvalue weighted by atomic mass is 35.5. The van der Waals surface area contributed by atoms with Crippen LogP contribution in [0.5, 0.6) is 0 Å². The molecule has 2 aromatic rings. The molecule has 1 saturated carbocycles. The van der Waals surface area contributed by atoms with Gasteiger partial charge >= 0.3 is 0 Å². The Balaban J connectivity index is 1.75. The first-order valence-corrected chi connectivity index (χ1v) is 7.93. The lowest BCUT2D eigenvalue weighted by molar-refractivity contribution is 0.323. The monoisotopic (exact) mass is 305 g/mol. The van der Waals surface area contributed by atoms with Crippen molar-refractivity contribution >= 4 is 11.6 Å². The van der Waals surface area contributed by atoms with Crippen LogP contribution in [0.15, 0.2) is 28.8 Å². The topological polar surface area (TPSA) is 64.9 Å². The van der Waals surface area contributed by atoms with Crippen molar-refractivity contribution in [3.63, 3.8) is 0 Å². The summed E-state index contributed by atoms with van der Waals surface area (Å²) in [5, 5.41) is 4.82. The van der Waals surface area contributed by atoms with Gasteiger partial charge in [-0.1, -0.05) is 54.2 Å². The highest BCUT2D eigenvalue weighted by Crippen LogP contribution is 2.30. The minimum absolute atomic E-state index is 0.126. The number of hydrogen-bond donors (Lipinski definition) is 1. The van der Waals surface area contributed by atoms with Gasteiger partial charge in [-0.3, -0.25) is 0 Å². The molecule has 0 bridgehead atoms. The number of rotatable bonds is 3. The van der Waals surface area contributed by atoms with Gasteiger partial charge in [-0.25, -0.2) is 0 Å². The predicted octanol–water partition coefficient (Wildman–Crippen LogP) is 3.69. The van der Waals surface area contributed by atoms with Crippen molar-refractivity contribution in [3.8, 4) is 0 Å². The molecule has 5 heteroatoms. The Hall–Kier alpha value is -1.39. The summed E-state index contributed by atoms with van der Waals surface area (Å²) in [6.07, 6.45) is 6.27. The summed E-state index contributed by atoms with van der Waals surface area (Å²) in [4.78, 5) is 4.55. The lowest BCUT2D eigenvalue weighted by atomic mass is 9.95. The summed E-state index contributed by atoms with van der Waals surface area (Å²) < 4.78 is 5.46. The van der Waals surface area contributed by atoms with Crippen LogP contribution >= 0.6 is 11.6 Å². The molecule has 2 N–H and O–H groups in total. The van der Waals surface area contributed by atoms with Crippen LogP contribution in [0.25, 0.3) is 0 Å². The first-order valence-electron chi connectivity index (χ1n) is 7.55. The van der Waals surface area contributed by atoms with Crippen molar-refractivity contribution in [2.24, 2.45) is 5.73 Å². The maximum absolute atomic E-state index is 6.25. The van der Waals surface area contributed by atoms with E-state index in [0.29, 0.717) is 18.1 Å². The number of hydrogen-bond acceptors (Lipinski definition) is 4. The summed E-state index contributed by atoms with van der Waals surface area (Å²) in [6.45, 7) is 0. The molecule has 2 atom stereocenters. The molecule has 0 amide bonds. The molecular formula is C16H20ClN3O. The van der Waals surface area contributed by atoms with Crippen LogP contribution in [-0.2, 0) is 6.42 Å². The van der Waals surface area contributed by atoms with E-state index in [1.165, 1.54) is 19.3 Å². The zero-order valence-corrected chi connectivity index (χ0v) is 12.7. The van der Waals surface area contributed by atoms with Crippen molar-refractivity contribution in [3.05, 3.63) is 46.6 Å². The van der Waals surface area contributed by atoms with E-state index in [2.05, 4.69) is 10.1 Å². The summed E-state index contributed by atoms with van der Waals surface area (Å²) in [5.74, 6) is 1.56. The maximum atomic E-state index is 6.25. The van der Waals surface area contributed by atoms with Crippen LogP contribution in [0.2, 0.25) is 5.02 Å². The molecule has 21 heavy (non-hydrogen) atoms. The van der Waals surface area contributed by atoms with E-state index in [0.717, 1.165) is 23.4 Å². The SMILES string of the molecule is NC1CCCCCC1c1nc(Cc2ccccc2Cl)no1. The lowest BCUT2D eigenvalue weighted by Crippen LogP contribution is -2.27. The Bertz CT molecular complexity index is 599.